The average molecular weight is 244 g/mol. The quantitative estimate of drug-likeness (QED) is 0.538. The van der Waals surface area contributed by atoms with Gasteiger partial charge in [-0.05, 0) is 26.2 Å². The van der Waals surface area contributed by atoms with Gasteiger partial charge in [0.2, 0.25) is 5.91 Å². The van der Waals surface area contributed by atoms with Crippen LogP contribution in [0, 0.1) is 0 Å². The normalized spacial score (nSPS) is 13.5. The van der Waals surface area contributed by atoms with Crippen molar-refractivity contribution in [2.24, 2.45) is 0 Å². The number of aliphatic hydroxyl groups is 1. The maximum absolute atomic E-state index is 11.5. The molecule has 0 aliphatic carbocycles. The highest BCUT2D eigenvalue weighted by molar-refractivity contribution is 5.76. The topological polar surface area (TPSA) is 61.4 Å². The fourth-order valence-electron chi connectivity index (χ4n) is 1.47. The van der Waals surface area contributed by atoms with Gasteiger partial charge in [-0.1, -0.05) is 20.8 Å². The zero-order valence-corrected chi connectivity index (χ0v) is 11.7. The molecular weight excluding hydrogens is 216 g/mol. The second-order valence-corrected chi connectivity index (χ2v) is 4.74. The molecule has 0 aromatic carbocycles. The van der Waals surface area contributed by atoms with E-state index in [2.05, 4.69) is 10.6 Å². The Morgan fingerprint density at radius 2 is 1.88 bits per heavy atom. The standard InChI is InChI=1S/C13H28N2O2/c1-5-11(4)15-12(16)8-9-14-10-13(17,6-2)7-3/h11,14,17H,5-10H2,1-4H3,(H,15,16). The van der Waals surface area contributed by atoms with Crippen LogP contribution in [0.3, 0.4) is 0 Å². The SMILES string of the molecule is CCC(C)NC(=O)CCNCC(O)(CC)CC. The van der Waals surface area contributed by atoms with Crippen molar-refractivity contribution in [2.75, 3.05) is 13.1 Å². The molecule has 0 aliphatic heterocycles. The van der Waals surface area contributed by atoms with Crippen LogP contribution in [0.4, 0.5) is 0 Å². The third-order valence-electron chi connectivity index (χ3n) is 3.32. The van der Waals surface area contributed by atoms with Crippen molar-refractivity contribution >= 4 is 5.91 Å². The summed E-state index contributed by atoms with van der Waals surface area (Å²) in [6.45, 7) is 9.16. The lowest BCUT2D eigenvalue weighted by molar-refractivity contribution is -0.121. The minimum absolute atomic E-state index is 0.0726. The van der Waals surface area contributed by atoms with Crippen LogP contribution < -0.4 is 10.6 Å². The molecule has 0 saturated heterocycles. The molecule has 17 heavy (non-hydrogen) atoms. The summed E-state index contributed by atoms with van der Waals surface area (Å²) in [6, 6.07) is 0.241. The number of hydrogen-bond acceptors (Lipinski definition) is 3. The van der Waals surface area contributed by atoms with Gasteiger partial charge in [0.25, 0.3) is 0 Å². The van der Waals surface area contributed by atoms with Gasteiger partial charge in [0, 0.05) is 25.6 Å². The van der Waals surface area contributed by atoms with Gasteiger partial charge in [-0.3, -0.25) is 4.79 Å². The van der Waals surface area contributed by atoms with Crippen LogP contribution in [-0.2, 0) is 4.79 Å². The van der Waals surface area contributed by atoms with Crippen molar-refractivity contribution in [3.8, 4) is 0 Å². The summed E-state index contributed by atoms with van der Waals surface area (Å²) < 4.78 is 0. The molecule has 0 radical (unpaired) electrons. The van der Waals surface area contributed by atoms with E-state index in [-0.39, 0.29) is 11.9 Å². The van der Waals surface area contributed by atoms with Crippen molar-refractivity contribution in [3.05, 3.63) is 0 Å². The van der Waals surface area contributed by atoms with Crippen LogP contribution in [0.25, 0.3) is 0 Å². The highest BCUT2D eigenvalue weighted by atomic mass is 16.3. The molecule has 3 N–H and O–H groups in total. The minimum Gasteiger partial charge on any atom is -0.389 e. The lowest BCUT2D eigenvalue weighted by Gasteiger charge is -2.25. The molecular formula is C13H28N2O2. The fraction of sp³-hybridized carbons (Fsp3) is 0.923. The molecule has 0 bridgehead atoms. The summed E-state index contributed by atoms with van der Waals surface area (Å²) in [5.74, 6) is 0.0726. The van der Waals surface area contributed by atoms with Crippen LogP contribution >= 0.6 is 0 Å². The Morgan fingerprint density at radius 3 is 2.35 bits per heavy atom. The predicted molar refractivity (Wildman–Crippen MR) is 70.9 cm³/mol. The number of amides is 1. The largest absolute Gasteiger partial charge is 0.389 e. The molecule has 0 aliphatic rings. The molecule has 0 aromatic heterocycles. The monoisotopic (exact) mass is 244 g/mol. The van der Waals surface area contributed by atoms with Crippen LogP contribution in [0.1, 0.15) is 53.4 Å². The van der Waals surface area contributed by atoms with Crippen molar-refractivity contribution in [1.82, 2.24) is 10.6 Å². The Morgan fingerprint density at radius 1 is 1.29 bits per heavy atom. The fourth-order valence-corrected chi connectivity index (χ4v) is 1.47. The number of carbonyl (C=O) groups is 1. The molecule has 4 nitrogen and oxygen atoms in total. The van der Waals surface area contributed by atoms with E-state index in [4.69, 9.17) is 0 Å². The van der Waals surface area contributed by atoms with Gasteiger partial charge in [0.1, 0.15) is 0 Å². The third-order valence-corrected chi connectivity index (χ3v) is 3.32. The van der Waals surface area contributed by atoms with E-state index in [0.29, 0.717) is 19.5 Å². The van der Waals surface area contributed by atoms with E-state index >= 15 is 0 Å². The van der Waals surface area contributed by atoms with Gasteiger partial charge in [-0.15, -0.1) is 0 Å². The number of nitrogens with one attached hydrogen (secondary N) is 2. The Bertz CT molecular complexity index is 215. The van der Waals surface area contributed by atoms with E-state index in [0.717, 1.165) is 19.3 Å². The molecule has 0 heterocycles. The first-order valence-electron chi connectivity index (χ1n) is 6.69. The molecule has 1 atom stereocenters. The Labute approximate surface area is 105 Å². The second-order valence-electron chi connectivity index (χ2n) is 4.74. The Kier molecular flexibility index (Phi) is 8.17. The number of rotatable bonds is 9. The molecule has 0 rings (SSSR count). The molecule has 0 aromatic rings. The van der Waals surface area contributed by atoms with E-state index in [1.807, 2.05) is 27.7 Å². The summed E-state index contributed by atoms with van der Waals surface area (Å²) >= 11 is 0. The Hall–Kier alpha value is -0.610. The predicted octanol–water partition coefficient (Wildman–Crippen LogP) is 1.43. The van der Waals surface area contributed by atoms with Gasteiger partial charge >= 0.3 is 0 Å². The molecule has 0 saturated carbocycles. The average Bonchev–Trinajstić information content (AvgIpc) is 2.34. The van der Waals surface area contributed by atoms with E-state index in [1.54, 1.807) is 0 Å². The molecule has 102 valence electrons. The molecule has 1 unspecified atom stereocenters. The number of carbonyl (C=O) groups excluding carboxylic acids is 1. The van der Waals surface area contributed by atoms with Gasteiger partial charge < -0.3 is 15.7 Å². The van der Waals surface area contributed by atoms with E-state index in [1.165, 1.54) is 0 Å². The highest BCUT2D eigenvalue weighted by Gasteiger charge is 2.21. The first-order chi connectivity index (χ1) is 7.97. The van der Waals surface area contributed by atoms with Crippen LogP contribution in [0.15, 0.2) is 0 Å². The van der Waals surface area contributed by atoms with E-state index in [9.17, 15) is 9.90 Å². The smallest absolute Gasteiger partial charge is 0.221 e. The highest BCUT2D eigenvalue weighted by Crippen LogP contribution is 2.12. The lowest BCUT2D eigenvalue weighted by Crippen LogP contribution is -2.41. The maximum atomic E-state index is 11.5. The summed E-state index contributed by atoms with van der Waals surface area (Å²) in [5.41, 5.74) is -0.632. The van der Waals surface area contributed by atoms with Gasteiger partial charge in [0.15, 0.2) is 0 Å². The van der Waals surface area contributed by atoms with E-state index < -0.39 is 5.60 Å². The number of hydrogen-bond donors (Lipinski definition) is 3. The Balaban J connectivity index is 3.67. The summed E-state index contributed by atoms with van der Waals surface area (Å²) in [4.78, 5) is 11.5. The summed E-state index contributed by atoms with van der Waals surface area (Å²) in [6.07, 6.45) is 2.88. The second kappa shape index (κ2) is 8.48. The van der Waals surface area contributed by atoms with Gasteiger partial charge in [0.05, 0.1) is 5.60 Å². The lowest BCUT2D eigenvalue weighted by atomic mass is 9.98. The minimum atomic E-state index is -0.632. The first kappa shape index (κ1) is 16.4. The third kappa shape index (κ3) is 7.34. The van der Waals surface area contributed by atoms with Crippen molar-refractivity contribution < 1.29 is 9.90 Å². The van der Waals surface area contributed by atoms with Crippen LogP contribution in [-0.4, -0.2) is 35.7 Å². The molecule has 0 fully saturated rings. The zero-order valence-electron chi connectivity index (χ0n) is 11.7. The van der Waals surface area contributed by atoms with Crippen molar-refractivity contribution in [3.63, 3.8) is 0 Å². The maximum Gasteiger partial charge on any atom is 0.221 e. The summed E-state index contributed by atoms with van der Waals surface area (Å²) in [5, 5.41) is 16.1. The summed E-state index contributed by atoms with van der Waals surface area (Å²) in [7, 11) is 0. The van der Waals surface area contributed by atoms with Crippen molar-refractivity contribution in [2.45, 2.75) is 65.0 Å². The molecule has 0 spiro atoms. The van der Waals surface area contributed by atoms with Crippen molar-refractivity contribution in [1.29, 1.82) is 0 Å². The van der Waals surface area contributed by atoms with Crippen LogP contribution in [0.2, 0.25) is 0 Å². The molecule has 4 heteroatoms. The van der Waals surface area contributed by atoms with Crippen LogP contribution in [0.5, 0.6) is 0 Å². The van der Waals surface area contributed by atoms with Gasteiger partial charge in [-0.2, -0.15) is 0 Å². The first-order valence-corrected chi connectivity index (χ1v) is 6.69. The zero-order chi connectivity index (χ0) is 13.3. The van der Waals surface area contributed by atoms with Gasteiger partial charge in [-0.25, -0.2) is 0 Å². The molecule has 1 amide bonds.